The maximum absolute atomic E-state index is 5.08. The highest BCUT2D eigenvalue weighted by Crippen LogP contribution is 2.24. The van der Waals surface area contributed by atoms with Crippen molar-refractivity contribution in [3.63, 3.8) is 0 Å². The Hall–Kier alpha value is -9.78. The highest BCUT2D eigenvalue weighted by molar-refractivity contribution is 7.17. The summed E-state index contributed by atoms with van der Waals surface area (Å²) in [7, 11) is 0. The van der Waals surface area contributed by atoms with Crippen LogP contribution >= 0.6 is 22.7 Å². The Balaban J connectivity index is 0.000000105. The normalized spacial score (nSPS) is 13.0. The fourth-order valence-electron chi connectivity index (χ4n) is 9.22. The van der Waals surface area contributed by atoms with E-state index in [0.29, 0.717) is 0 Å². The molecular formula is C66H62N14O2S2. The second-order valence-corrected chi connectivity index (χ2v) is 21.1. The SMILES string of the molecule is C1=Cc2cnccc2C1.C1=Nc2cnccc2C1.c1cc2c(cn1)CCC2.c1cc2c(cn1)CCCCN2.c1cc2c(cn1)CCCN2.c1cc2occc2cn1.c1cc2ocnc2cn1.c1cc2sccc2cn1.c1cc2scnc2cn1. The van der Waals surface area contributed by atoms with Crippen LogP contribution in [-0.4, -0.2) is 74.1 Å². The maximum atomic E-state index is 5.08. The number of aliphatic imine (C=N–C) groups is 1. The number of allylic oxidation sites excluding steroid dienone is 1. The first kappa shape index (κ1) is 57.5. The molecule has 2 N–H and O–H groups in total. The number of furan rings is 1. The van der Waals surface area contributed by atoms with Crippen LogP contribution in [0.4, 0.5) is 17.1 Å². The van der Waals surface area contributed by atoms with Crippen LogP contribution in [0.2, 0.25) is 0 Å². The molecule has 2 aliphatic carbocycles. The van der Waals surface area contributed by atoms with Crippen molar-refractivity contribution in [3.05, 3.63) is 247 Å². The standard InChI is InChI=1S/C9H12N2.C8H10N2.C8H9N.C8H7N.C7H6N2.C7H5NO.C7H5NS.C6H4N2O.C6H4N2S/c1-2-5-11-9-4-6-10-7-8(9)3-1;1-2-7-6-9-5-3-8(7)10-4-1;2*1-2-7-4-5-9-6-8(7)3-1;1-3-8-5-7-6(1)2-4-9-7;2*1-3-8-5-6-2-4-9-7(1)6;2*1-2-7-3-5-6(1)9-4-8-5/h4,6-7,11H,1-3,5H2;3,5-6,10H,1-2,4H2;4-6H,1-3H2;1,3-6H,2H2;1,3-5H,2H2;2*1-5H;2*1-4H. The molecule has 0 atom stereocenters. The first-order chi connectivity index (χ1) is 41.7. The van der Waals surface area contributed by atoms with E-state index >= 15 is 0 Å². The molecule has 0 aromatic carbocycles. The van der Waals surface area contributed by atoms with Gasteiger partial charge in [0.05, 0.1) is 46.3 Å². The van der Waals surface area contributed by atoms with E-state index in [1.54, 1.807) is 84.6 Å². The molecule has 18 rings (SSSR count). The quantitative estimate of drug-likeness (QED) is 0.145. The Labute approximate surface area is 495 Å². The molecule has 0 saturated carbocycles. The number of hydrogen-bond donors (Lipinski definition) is 2. The number of anilines is 2. The Morgan fingerprint density at radius 1 is 0.417 bits per heavy atom. The van der Waals surface area contributed by atoms with Gasteiger partial charge in [-0.15, -0.1) is 22.7 Å². The van der Waals surface area contributed by atoms with Gasteiger partial charge in [0.15, 0.2) is 12.0 Å². The van der Waals surface area contributed by atoms with Gasteiger partial charge in [0, 0.05) is 152 Å². The smallest absolute Gasteiger partial charge is 0.182 e. The van der Waals surface area contributed by atoms with Gasteiger partial charge in [-0.25, -0.2) is 9.97 Å². The third-order valence-corrected chi connectivity index (χ3v) is 15.3. The van der Waals surface area contributed by atoms with Crippen molar-refractivity contribution >= 4 is 94.4 Å². The predicted molar refractivity (Wildman–Crippen MR) is 339 cm³/mol. The third kappa shape index (κ3) is 17.1. The Bertz CT molecular complexity index is 3610. The molecule has 0 bridgehead atoms. The molecule has 13 aromatic rings. The summed E-state index contributed by atoms with van der Waals surface area (Å²) in [6.45, 7) is 2.22. The topological polar surface area (TPSA) is 204 Å². The number of aryl methyl sites for hydroxylation is 4. The monoisotopic (exact) mass is 1150 g/mol. The molecule has 3 aliphatic heterocycles. The molecule has 18 heteroatoms. The Kier molecular flexibility index (Phi) is 21.5. The lowest BCUT2D eigenvalue weighted by atomic mass is 10.1. The van der Waals surface area contributed by atoms with Crippen LogP contribution in [0, 0.1) is 0 Å². The summed E-state index contributed by atoms with van der Waals surface area (Å²) in [5.41, 5.74) is 18.5. The minimum atomic E-state index is 0.782. The van der Waals surface area contributed by atoms with Crippen molar-refractivity contribution in [2.75, 3.05) is 23.7 Å². The zero-order valence-corrected chi connectivity index (χ0v) is 47.9. The molecule has 0 unspecified atom stereocenters. The van der Waals surface area contributed by atoms with Gasteiger partial charge < -0.3 is 19.5 Å². The minimum absolute atomic E-state index is 0.782. The van der Waals surface area contributed by atoms with Gasteiger partial charge in [0.1, 0.15) is 11.1 Å². The molecule has 13 aromatic heterocycles. The fourth-order valence-corrected chi connectivity index (χ4v) is 10.6. The summed E-state index contributed by atoms with van der Waals surface area (Å²) < 4.78 is 12.6. The van der Waals surface area contributed by atoms with E-state index in [-0.39, 0.29) is 0 Å². The second-order valence-electron chi connectivity index (χ2n) is 19.2. The molecule has 5 aliphatic rings. The minimum Gasteiger partial charge on any atom is -0.464 e. The Morgan fingerprint density at radius 2 is 1.04 bits per heavy atom. The average molecular weight is 1150 g/mol. The van der Waals surface area contributed by atoms with E-state index in [1.165, 1.54) is 123 Å². The summed E-state index contributed by atoms with van der Waals surface area (Å²) in [6.07, 6.45) is 54.1. The molecule has 0 saturated heterocycles. The number of hydrogen-bond acceptors (Lipinski definition) is 18. The number of thiophene rings is 1. The number of fused-ring (bicyclic) bond motifs is 9. The van der Waals surface area contributed by atoms with E-state index in [0.717, 1.165) is 59.2 Å². The number of thiazole rings is 1. The van der Waals surface area contributed by atoms with E-state index in [9.17, 15) is 0 Å². The lowest BCUT2D eigenvalue weighted by molar-refractivity contribution is 0.602. The highest BCUT2D eigenvalue weighted by atomic mass is 32.1. The van der Waals surface area contributed by atoms with E-state index < -0.39 is 0 Å². The van der Waals surface area contributed by atoms with Crippen LogP contribution in [0.1, 0.15) is 64.6 Å². The summed E-state index contributed by atoms with van der Waals surface area (Å²) in [4.78, 5) is 47.9. The van der Waals surface area contributed by atoms with Gasteiger partial charge in [-0.2, -0.15) is 0 Å². The zero-order valence-electron chi connectivity index (χ0n) is 46.3. The van der Waals surface area contributed by atoms with Crippen LogP contribution in [0.3, 0.4) is 0 Å². The molecule has 16 nitrogen and oxygen atoms in total. The number of nitrogens with zero attached hydrogens (tertiary/aromatic N) is 12. The zero-order chi connectivity index (χ0) is 57.1. The summed E-state index contributed by atoms with van der Waals surface area (Å²) in [5.74, 6) is 0. The van der Waals surface area contributed by atoms with Crippen LogP contribution in [-0.2, 0) is 38.5 Å². The van der Waals surface area contributed by atoms with Crippen LogP contribution in [0.5, 0.6) is 0 Å². The van der Waals surface area contributed by atoms with Gasteiger partial charge in [0.25, 0.3) is 0 Å². The van der Waals surface area contributed by atoms with Crippen LogP contribution < -0.4 is 10.6 Å². The van der Waals surface area contributed by atoms with Gasteiger partial charge in [-0.3, -0.25) is 49.8 Å². The lowest BCUT2D eigenvalue weighted by Crippen LogP contribution is -2.11. The molecule has 0 amide bonds. The van der Waals surface area contributed by atoms with Crippen molar-refractivity contribution < 1.29 is 8.83 Å². The van der Waals surface area contributed by atoms with E-state index in [2.05, 4.69) is 112 Å². The van der Waals surface area contributed by atoms with Crippen molar-refractivity contribution in [1.82, 2.24) is 54.8 Å². The number of oxazole rings is 1. The Morgan fingerprint density at radius 3 is 1.79 bits per heavy atom. The summed E-state index contributed by atoms with van der Waals surface area (Å²) >= 11 is 3.38. The molecule has 0 fully saturated rings. The van der Waals surface area contributed by atoms with Gasteiger partial charge >= 0.3 is 0 Å². The number of aromatic nitrogens is 11. The average Bonchev–Trinajstić information content (AvgIpc) is 4.46. The van der Waals surface area contributed by atoms with E-state index in [1.807, 2.05) is 110 Å². The molecule has 16 heterocycles. The van der Waals surface area contributed by atoms with Gasteiger partial charge in [-0.05, 0) is 163 Å². The van der Waals surface area contributed by atoms with Crippen molar-refractivity contribution in [2.24, 2.45) is 4.99 Å². The fraction of sp³-hybridized carbons (Fsp3) is 0.182. The second kappa shape index (κ2) is 31.4. The largest absolute Gasteiger partial charge is 0.464 e. The summed E-state index contributed by atoms with van der Waals surface area (Å²) in [5, 5.41) is 11.1. The van der Waals surface area contributed by atoms with Gasteiger partial charge in [-0.1, -0.05) is 12.2 Å². The van der Waals surface area contributed by atoms with Crippen LogP contribution in [0.25, 0.3) is 48.4 Å². The number of nitrogens with one attached hydrogen (secondary N) is 2. The highest BCUT2D eigenvalue weighted by Gasteiger charge is 2.09. The molecule has 0 spiro atoms. The number of rotatable bonds is 0. The summed E-state index contributed by atoms with van der Waals surface area (Å²) in [6, 6.07) is 21.9. The molecular weight excluding hydrogens is 1080 g/mol. The molecule has 420 valence electrons. The van der Waals surface area contributed by atoms with Crippen molar-refractivity contribution in [2.45, 2.75) is 64.2 Å². The first-order valence-electron chi connectivity index (χ1n) is 27.8. The first-order valence-corrected chi connectivity index (χ1v) is 29.6. The third-order valence-electron chi connectivity index (χ3n) is 13.6. The maximum Gasteiger partial charge on any atom is 0.182 e. The lowest BCUT2D eigenvalue weighted by Gasteiger charge is -2.16. The predicted octanol–water partition coefficient (Wildman–Crippen LogP) is 14.9. The van der Waals surface area contributed by atoms with Gasteiger partial charge in [0.2, 0.25) is 0 Å². The molecule has 84 heavy (non-hydrogen) atoms. The van der Waals surface area contributed by atoms with E-state index in [4.69, 9.17) is 8.83 Å². The number of pyridine rings is 9. The van der Waals surface area contributed by atoms with Crippen molar-refractivity contribution in [3.8, 4) is 0 Å². The van der Waals surface area contributed by atoms with Crippen molar-refractivity contribution in [1.29, 1.82) is 0 Å². The van der Waals surface area contributed by atoms with Crippen LogP contribution in [0.15, 0.2) is 222 Å². The molecule has 0 radical (unpaired) electrons.